The number of piperidine rings is 1. The van der Waals surface area contributed by atoms with Gasteiger partial charge in [0.05, 0.1) is 12.2 Å². The van der Waals surface area contributed by atoms with Gasteiger partial charge in [0.1, 0.15) is 9.79 Å². The lowest BCUT2D eigenvalue weighted by molar-refractivity contribution is 0.208. The quantitative estimate of drug-likeness (QED) is 0.0448. The van der Waals surface area contributed by atoms with Gasteiger partial charge in [0, 0.05) is 31.4 Å². The number of hydrogen-bond donors (Lipinski definition) is 8. The number of rotatable bonds is 12. The zero-order valence-corrected chi connectivity index (χ0v) is 20.7. The zero-order valence-electron chi connectivity index (χ0n) is 19.1. The summed E-state index contributed by atoms with van der Waals surface area (Å²) in [6, 6.07) is 2.29. The minimum absolute atomic E-state index is 0.0802. The van der Waals surface area contributed by atoms with Crippen molar-refractivity contribution in [2.24, 2.45) is 33.5 Å². The van der Waals surface area contributed by atoms with Crippen LogP contribution >= 0.6 is 0 Å². The Morgan fingerprint density at radius 3 is 2.41 bits per heavy atom. The second kappa shape index (κ2) is 12.1. The lowest BCUT2D eigenvalue weighted by Gasteiger charge is -2.37. The first-order valence-corrected chi connectivity index (χ1v) is 13.8. The normalized spacial score (nSPS) is 17.1. The van der Waals surface area contributed by atoms with Crippen molar-refractivity contribution in [3.8, 4) is 0 Å². The molecule has 0 saturated carbocycles. The van der Waals surface area contributed by atoms with E-state index in [0.29, 0.717) is 44.6 Å². The fourth-order valence-electron chi connectivity index (χ4n) is 3.95. The standard InChI is InChI=1S/C18H35N9O5S2/c1-23-7-2-8-24-34(31,32)15-4-3-14(27-9-5-12(6-10-27)13(19)11-28)16(18(20)25-26-21)17(15)33(22,29)30/h3-4,12-13,23-24,26,28H,2,5-11,19,21H2,1H3,(H2,20,25)(H2,22,29,30). The van der Waals surface area contributed by atoms with E-state index in [-0.39, 0.29) is 36.5 Å². The highest BCUT2D eigenvalue weighted by molar-refractivity contribution is 7.92. The lowest BCUT2D eigenvalue weighted by atomic mass is 9.90. The van der Waals surface area contributed by atoms with Crippen molar-refractivity contribution in [3.05, 3.63) is 17.7 Å². The molecule has 0 aliphatic carbocycles. The average molecular weight is 522 g/mol. The van der Waals surface area contributed by atoms with Crippen molar-refractivity contribution in [1.82, 2.24) is 15.6 Å². The fourth-order valence-corrected chi connectivity index (χ4v) is 6.63. The summed E-state index contributed by atoms with van der Waals surface area (Å²) in [6.07, 6.45) is 1.74. The maximum absolute atomic E-state index is 13.0. The zero-order chi connectivity index (χ0) is 25.5. The van der Waals surface area contributed by atoms with Crippen molar-refractivity contribution in [3.63, 3.8) is 0 Å². The highest BCUT2D eigenvalue weighted by Crippen LogP contribution is 2.34. The Morgan fingerprint density at radius 1 is 1.24 bits per heavy atom. The van der Waals surface area contributed by atoms with Crippen LogP contribution in [0.1, 0.15) is 24.8 Å². The highest BCUT2D eigenvalue weighted by atomic mass is 32.2. The molecule has 194 valence electrons. The molecule has 0 aromatic heterocycles. The first-order chi connectivity index (χ1) is 16.0. The molecule has 1 aliphatic rings. The number of nitrogens with one attached hydrogen (secondary N) is 3. The van der Waals surface area contributed by atoms with Gasteiger partial charge in [-0.15, -0.1) is 5.10 Å². The van der Waals surface area contributed by atoms with E-state index in [4.69, 9.17) is 22.4 Å². The van der Waals surface area contributed by atoms with E-state index in [1.807, 2.05) is 10.4 Å². The molecule has 2 rings (SSSR count). The number of nitrogens with two attached hydrogens (primary N) is 4. The van der Waals surface area contributed by atoms with E-state index in [2.05, 4.69) is 15.1 Å². The van der Waals surface area contributed by atoms with E-state index >= 15 is 0 Å². The van der Waals surface area contributed by atoms with Crippen molar-refractivity contribution in [2.45, 2.75) is 35.1 Å². The van der Waals surface area contributed by atoms with Crippen LogP contribution in [-0.4, -0.2) is 73.7 Å². The van der Waals surface area contributed by atoms with Crippen molar-refractivity contribution in [1.29, 1.82) is 0 Å². The Bertz CT molecular complexity index is 1070. The number of sulfonamides is 2. The van der Waals surface area contributed by atoms with Gasteiger partial charge in [-0.3, -0.25) is 0 Å². The monoisotopic (exact) mass is 521 g/mol. The van der Waals surface area contributed by atoms with Gasteiger partial charge in [-0.05, 0) is 50.9 Å². The minimum atomic E-state index is -4.58. The molecule has 1 fully saturated rings. The minimum Gasteiger partial charge on any atom is -0.395 e. The van der Waals surface area contributed by atoms with Crippen molar-refractivity contribution >= 4 is 31.6 Å². The number of nitrogens with zero attached hydrogens (tertiary/aromatic N) is 2. The van der Waals surface area contributed by atoms with Crippen LogP contribution in [0.2, 0.25) is 0 Å². The van der Waals surface area contributed by atoms with Crippen LogP contribution in [0.25, 0.3) is 0 Å². The molecule has 1 saturated heterocycles. The van der Waals surface area contributed by atoms with E-state index in [0.717, 1.165) is 0 Å². The predicted octanol–water partition coefficient (Wildman–Crippen LogP) is -3.16. The van der Waals surface area contributed by atoms with Gasteiger partial charge in [0.25, 0.3) is 0 Å². The molecule has 0 spiro atoms. The van der Waals surface area contributed by atoms with Gasteiger partial charge in [0.15, 0.2) is 5.84 Å². The molecule has 1 unspecified atom stereocenters. The Balaban J connectivity index is 2.61. The lowest BCUT2D eigenvalue weighted by Crippen LogP contribution is -2.43. The summed E-state index contributed by atoms with van der Waals surface area (Å²) in [5.41, 5.74) is 14.2. The number of primary sulfonamides is 1. The van der Waals surface area contributed by atoms with Gasteiger partial charge in [-0.1, -0.05) is 0 Å². The molecule has 0 bridgehead atoms. The number of anilines is 1. The summed E-state index contributed by atoms with van der Waals surface area (Å²) in [7, 11) is -7.11. The third-order valence-corrected chi connectivity index (χ3v) is 8.33. The molecule has 16 heteroatoms. The number of aliphatic hydroxyl groups excluding tert-OH is 1. The summed E-state index contributed by atoms with van der Waals surface area (Å²) >= 11 is 0. The van der Waals surface area contributed by atoms with Crippen LogP contribution in [0.3, 0.4) is 0 Å². The number of benzene rings is 1. The molecule has 14 nitrogen and oxygen atoms in total. The third-order valence-electron chi connectivity index (χ3n) is 5.71. The first kappa shape index (κ1) is 28.2. The predicted molar refractivity (Wildman–Crippen MR) is 130 cm³/mol. The Morgan fingerprint density at radius 2 is 1.88 bits per heavy atom. The fraction of sp³-hybridized carbons (Fsp3) is 0.611. The highest BCUT2D eigenvalue weighted by Gasteiger charge is 2.33. The maximum atomic E-state index is 13.0. The molecular formula is C18H35N9O5S2. The molecule has 1 atom stereocenters. The first-order valence-electron chi connectivity index (χ1n) is 10.7. The molecule has 34 heavy (non-hydrogen) atoms. The Kier molecular flexibility index (Phi) is 10.0. The van der Waals surface area contributed by atoms with Gasteiger partial charge in [-0.25, -0.2) is 38.1 Å². The molecule has 0 amide bonds. The summed E-state index contributed by atoms with van der Waals surface area (Å²) in [5.74, 6) is 4.99. The van der Waals surface area contributed by atoms with E-state index in [9.17, 15) is 21.9 Å². The largest absolute Gasteiger partial charge is 0.395 e. The Hall–Kier alpha value is -2.05. The average Bonchev–Trinajstić information content (AvgIpc) is 2.80. The molecule has 0 radical (unpaired) electrons. The SMILES string of the molecule is CNCCCNS(=O)(=O)c1ccc(N2CCC(C(N)CO)CC2)c(/C(N)=N/NN)c1S(N)(=O)=O. The summed E-state index contributed by atoms with van der Waals surface area (Å²) in [5, 5.41) is 21.4. The van der Waals surface area contributed by atoms with Gasteiger partial charge in [0.2, 0.25) is 20.0 Å². The second-order valence-corrected chi connectivity index (χ2v) is 11.2. The van der Waals surface area contributed by atoms with E-state index in [1.54, 1.807) is 7.05 Å². The summed E-state index contributed by atoms with van der Waals surface area (Å²) < 4.78 is 53.7. The number of amidine groups is 1. The molecule has 1 aliphatic heterocycles. The van der Waals surface area contributed by atoms with Crippen LogP contribution in [0.4, 0.5) is 5.69 Å². The van der Waals surface area contributed by atoms with Crippen LogP contribution in [0, 0.1) is 5.92 Å². The molecule has 12 N–H and O–H groups in total. The van der Waals surface area contributed by atoms with Crippen LogP contribution < -0.4 is 42.9 Å². The number of hydrazone groups is 1. The summed E-state index contributed by atoms with van der Waals surface area (Å²) in [6.45, 7) is 1.44. The van der Waals surface area contributed by atoms with Gasteiger partial charge < -0.3 is 26.8 Å². The number of hydrazine groups is 1. The maximum Gasteiger partial charge on any atom is 0.241 e. The molecule has 1 aromatic rings. The summed E-state index contributed by atoms with van der Waals surface area (Å²) in [4.78, 5) is 0.641. The van der Waals surface area contributed by atoms with Gasteiger partial charge >= 0.3 is 0 Å². The third kappa shape index (κ3) is 6.76. The van der Waals surface area contributed by atoms with Crippen molar-refractivity contribution in [2.75, 3.05) is 44.7 Å². The van der Waals surface area contributed by atoms with Gasteiger partial charge in [-0.2, -0.15) is 0 Å². The van der Waals surface area contributed by atoms with Crippen LogP contribution in [-0.2, 0) is 20.0 Å². The number of aliphatic hydroxyl groups is 1. The molecule has 1 heterocycles. The Labute approximate surface area is 200 Å². The van der Waals surface area contributed by atoms with Crippen LogP contribution in [0.5, 0.6) is 0 Å². The smallest absolute Gasteiger partial charge is 0.241 e. The van der Waals surface area contributed by atoms with Crippen LogP contribution in [0.15, 0.2) is 27.0 Å². The topological polar surface area (TPSA) is 244 Å². The number of hydrogen-bond acceptors (Lipinski definition) is 11. The van der Waals surface area contributed by atoms with E-state index in [1.165, 1.54) is 12.1 Å². The van der Waals surface area contributed by atoms with E-state index < -0.39 is 29.8 Å². The second-order valence-electron chi connectivity index (χ2n) is 7.98. The van der Waals surface area contributed by atoms with Crippen molar-refractivity contribution < 1.29 is 21.9 Å². The molecular weight excluding hydrogens is 486 g/mol. The molecule has 1 aromatic carbocycles.